The molecule has 0 saturated carbocycles. The van der Waals surface area contributed by atoms with E-state index in [1.54, 1.807) is 0 Å². The largest absolute Gasteiger partial charge is 0.508 e. The van der Waals surface area contributed by atoms with Gasteiger partial charge in [0.1, 0.15) is 5.75 Å². The highest BCUT2D eigenvalue weighted by Crippen LogP contribution is 2.12. The summed E-state index contributed by atoms with van der Waals surface area (Å²) in [5.74, 6) is -2.07. The minimum Gasteiger partial charge on any atom is -0.508 e. The number of esters is 1. The van der Waals surface area contributed by atoms with Crippen LogP contribution in [0.2, 0.25) is 0 Å². The number of carbonyl (C=O) groups is 2. The van der Waals surface area contributed by atoms with Gasteiger partial charge in [-0.1, -0.05) is 6.07 Å². The smallest absolute Gasteiger partial charge is 0.344 e. The summed E-state index contributed by atoms with van der Waals surface area (Å²) in [7, 11) is 0. The van der Waals surface area contributed by atoms with Crippen molar-refractivity contribution in [2.45, 2.75) is 13.0 Å². The summed E-state index contributed by atoms with van der Waals surface area (Å²) in [4.78, 5) is 21.7. The molecule has 15 heavy (non-hydrogen) atoms. The van der Waals surface area contributed by atoms with Crippen LogP contribution in [0.3, 0.4) is 0 Å². The van der Waals surface area contributed by atoms with Gasteiger partial charge in [0.05, 0.1) is 5.56 Å². The van der Waals surface area contributed by atoms with Gasteiger partial charge in [-0.15, -0.1) is 0 Å². The predicted molar refractivity (Wildman–Crippen MR) is 50.6 cm³/mol. The fraction of sp³-hybridized carbons (Fsp3) is 0.200. The molecule has 0 unspecified atom stereocenters. The van der Waals surface area contributed by atoms with E-state index in [2.05, 4.69) is 4.74 Å². The fourth-order valence-electron chi connectivity index (χ4n) is 0.912. The number of ether oxygens (including phenoxy) is 1. The Kier molecular flexibility index (Phi) is 3.28. The summed E-state index contributed by atoms with van der Waals surface area (Å²) in [5, 5.41) is 17.6. The Morgan fingerprint density at radius 1 is 1.40 bits per heavy atom. The molecule has 80 valence electrons. The first-order valence-corrected chi connectivity index (χ1v) is 4.23. The van der Waals surface area contributed by atoms with Gasteiger partial charge in [0, 0.05) is 0 Å². The van der Waals surface area contributed by atoms with E-state index in [1.807, 2.05) is 0 Å². The van der Waals surface area contributed by atoms with Crippen molar-refractivity contribution in [3.63, 3.8) is 0 Å². The summed E-state index contributed by atoms with van der Waals surface area (Å²) in [6.07, 6.45) is -1.21. The van der Waals surface area contributed by atoms with Crippen molar-refractivity contribution in [2.24, 2.45) is 0 Å². The van der Waals surface area contributed by atoms with Gasteiger partial charge >= 0.3 is 11.9 Å². The van der Waals surface area contributed by atoms with Gasteiger partial charge in [0.15, 0.2) is 6.10 Å². The highest BCUT2D eigenvalue weighted by molar-refractivity contribution is 5.91. The number of aliphatic carboxylic acids is 1. The summed E-state index contributed by atoms with van der Waals surface area (Å²) in [6.45, 7) is 1.25. The number of phenols is 1. The zero-order valence-corrected chi connectivity index (χ0v) is 8.01. The minimum atomic E-state index is -1.22. The van der Waals surface area contributed by atoms with Crippen LogP contribution in [-0.4, -0.2) is 28.3 Å². The van der Waals surface area contributed by atoms with Crippen LogP contribution < -0.4 is 0 Å². The molecule has 0 heterocycles. The molecule has 0 radical (unpaired) electrons. The van der Waals surface area contributed by atoms with Crippen LogP contribution in [0.1, 0.15) is 17.3 Å². The number of benzene rings is 1. The summed E-state index contributed by atoms with van der Waals surface area (Å²) < 4.78 is 4.60. The third kappa shape index (κ3) is 2.98. The van der Waals surface area contributed by atoms with Gasteiger partial charge in [0.2, 0.25) is 0 Å². The van der Waals surface area contributed by atoms with Gasteiger partial charge in [-0.05, 0) is 25.1 Å². The maximum absolute atomic E-state index is 11.3. The first-order chi connectivity index (χ1) is 7.00. The highest BCUT2D eigenvalue weighted by Gasteiger charge is 2.17. The van der Waals surface area contributed by atoms with Crippen molar-refractivity contribution in [2.75, 3.05) is 0 Å². The van der Waals surface area contributed by atoms with Gasteiger partial charge in [-0.2, -0.15) is 0 Å². The Morgan fingerprint density at radius 2 is 2.07 bits per heavy atom. The predicted octanol–water partition coefficient (Wildman–Crippen LogP) is 1.02. The van der Waals surface area contributed by atoms with E-state index in [0.29, 0.717) is 0 Å². The van der Waals surface area contributed by atoms with Crippen molar-refractivity contribution >= 4 is 11.9 Å². The van der Waals surface area contributed by atoms with Gasteiger partial charge < -0.3 is 14.9 Å². The molecule has 1 aromatic rings. The molecule has 0 aliphatic heterocycles. The maximum atomic E-state index is 11.3. The lowest BCUT2D eigenvalue weighted by molar-refractivity contribution is -0.146. The van der Waals surface area contributed by atoms with Crippen LogP contribution in [0.5, 0.6) is 5.75 Å². The van der Waals surface area contributed by atoms with Crippen LogP contribution >= 0.6 is 0 Å². The first kappa shape index (κ1) is 11.0. The summed E-state index contributed by atoms with van der Waals surface area (Å²) >= 11 is 0. The molecule has 0 saturated heterocycles. The van der Waals surface area contributed by atoms with E-state index in [-0.39, 0.29) is 11.3 Å². The summed E-state index contributed by atoms with van der Waals surface area (Å²) in [6, 6.07) is 5.50. The number of carbonyl (C=O) groups excluding carboxylic acids is 1. The lowest BCUT2D eigenvalue weighted by atomic mass is 10.2. The van der Waals surface area contributed by atoms with Crippen LogP contribution in [0.4, 0.5) is 0 Å². The molecule has 0 aliphatic rings. The van der Waals surface area contributed by atoms with E-state index in [0.717, 1.165) is 0 Å². The van der Waals surface area contributed by atoms with E-state index in [4.69, 9.17) is 10.2 Å². The van der Waals surface area contributed by atoms with Crippen molar-refractivity contribution in [1.29, 1.82) is 0 Å². The summed E-state index contributed by atoms with van der Waals surface area (Å²) in [5.41, 5.74) is 0.114. The van der Waals surface area contributed by atoms with E-state index >= 15 is 0 Å². The van der Waals surface area contributed by atoms with Crippen molar-refractivity contribution < 1.29 is 24.5 Å². The van der Waals surface area contributed by atoms with Crippen molar-refractivity contribution in [3.05, 3.63) is 29.8 Å². The molecule has 0 bridgehead atoms. The normalized spacial score (nSPS) is 11.8. The topological polar surface area (TPSA) is 83.8 Å². The lowest BCUT2D eigenvalue weighted by Gasteiger charge is -2.08. The Labute approximate surface area is 85.9 Å². The lowest BCUT2D eigenvalue weighted by Crippen LogP contribution is -2.23. The Bertz CT molecular complexity index is 385. The Hall–Kier alpha value is -2.04. The van der Waals surface area contributed by atoms with E-state index in [1.165, 1.54) is 31.2 Å². The van der Waals surface area contributed by atoms with Gasteiger partial charge in [-0.3, -0.25) is 0 Å². The van der Waals surface area contributed by atoms with E-state index in [9.17, 15) is 9.59 Å². The molecule has 0 fully saturated rings. The van der Waals surface area contributed by atoms with Crippen LogP contribution in [0.15, 0.2) is 24.3 Å². The van der Waals surface area contributed by atoms with Crippen molar-refractivity contribution in [3.8, 4) is 5.75 Å². The Morgan fingerprint density at radius 3 is 2.60 bits per heavy atom. The van der Waals surface area contributed by atoms with Gasteiger partial charge in [0.25, 0.3) is 0 Å². The van der Waals surface area contributed by atoms with Crippen molar-refractivity contribution in [1.82, 2.24) is 0 Å². The number of carboxylic acids is 1. The molecule has 0 aliphatic carbocycles. The average molecular weight is 210 g/mol. The fourth-order valence-corrected chi connectivity index (χ4v) is 0.912. The minimum absolute atomic E-state index is 0.0765. The molecule has 2 N–H and O–H groups in total. The highest BCUT2D eigenvalue weighted by atomic mass is 16.6. The van der Waals surface area contributed by atoms with Crippen LogP contribution in [0, 0.1) is 0 Å². The SMILES string of the molecule is C[C@@H](OC(=O)c1cccc(O)c1)C(=O)O. The number of rotatable bonds is 3. The molecule has 0 aromatic heterocycles. The monoisotopic (exact) mass is 210 g/mol. The molecule has 5 nitrogen and oxygen atoms in total. The molecule has 5 heteroatoms. The third-order valence-electron chi connectivity index (χ3n) is 1.71. The molecule has 0 amide bonds. The molecule has 1 rings (SSSR count). The first-order valence-electron chi connectivity index (χ1n) is 4.23. The number of hydrogen-bond acceptors (Lipinski definition) is 4. The number of phenolic OH excluding ortho intramolecular Hbond substituents is 1. The molecule has 1 atom stereocenters. The molecule has 1 aromatic carbocycles. The quantitative estimate of drug-likeness (QED) is 0.727. The van der Waals surface area contributed by atoms with Crippen LogP contribution in [-0.2, 0) is 9.53 Å². The second-order valence-corrected chi connectivity index (χ2v) is 2.94. The Balaban J connectivity index is 2.73. The second kappa shape index (κ2) is 4.45. The number of aromatic hydroxyl groups is 1. The molecular weight excluding hydrogens is 200 g/mol. The third-order valence-corrected chi connectivity index (χ3v) is 1.71. The number of hydrogen-bond donors (Lipinski definition) is 2. The maximum Gasteiger partial charge on any atom is 0.344 e. The average Bonchev–Trinajstić information content (AvgIpc) is 2.17. The molecule has 0 spiro atoms. The number of carboxylic acid groups (broad SMARTS) is 1. The zero-order chi connectivity index (χ0) is 11.4. The zero-order valence-electron chi connectivity index (χ0n) is 8.01. The second-order valence-electron chi connectivity index (χ2n) is 2.94. The van der Waals surface area contributed by atoms with E-state index < -0.39 is 18.0 Å². The van der Waals surface area contributed by atoms with Crippen LogP contribution in [0.25, 0.3) is 0 Å². The molecular formula is C10H10O5. The standard InChI is InChI=1S/C10H10O5/c1-6(9(12)13)15-10(14)7-3-2-4-8(11)5-7/h2-6,11H,1H3,(H,12,13)/t6-/m1/s1. The van der Waals surface area contributed by atoms with Gasteiger partial charge in [-0.25, -0.2) is 9.59 Å².